The summed E-state index contributed by atoms with van der Waals surface area (Å²) in [6.45, 7) is 13.2. The van der Waals surface area contributed by atoms with Gasteiger partial charge in [-0.15, -0.1) is 0 Å². The van der Waals surface area contributed by atoms with Gasteiger partial charge in [0, 0.05) is 19.8 Å². The number of carbonyl (C=O) groups excluding carboxylic acids is 4. The molecule has 4 amide bonds. The molecule has 0 unspecified atom stereocenters. The zero-order chi connectivity index (χ0) is 38.2. The van der Waals surface area contributed by atoms with Crippen LogP contribution < -0.4 is 26.0 Å². The maximum absolute atomic E-state index is 14.3. The maximum Gasteiger partial charge on any atom is 0.289 e. The molecule has 2 aliphatic heterocycles. The van der Waals surface area contributed by atoms with Crippen LogP contribution in [0.1, 0.15) is 85.1 Å². The molecule has 2 aliphatic rings. The van der Waals surface area contributed by atoms with E-state index in [9.17, 15) is 19.2 Å². The largest absolute Gasteiger partial charge is 0.491 e. The Hall–Kier alpha value is -5.53. The van der Waals surface area contributed by atoms with Crippen LogP contribution in [0.4, 0.5) is 0 Å². The number of nitrogens with one attached hydrogen (secondary N) is 4. The first-order chi connectivity index (χ1) is 25.2. The Balaban J connectivity index is 1.54. The van der Waals surface area contributed by atoms with Crippen LogP contribution in [0.25, 0.3) is 0 Å². The maximum atomic E-state index is 14.3. The van der Waals surface area contributed by atoms with Gasteiger partial charge in [-0.25, -0.2) is 14.6 Å². The second-order valence-electron chi connectivity index (χ2n) is 14.4. The van der Waals surface area contributed by atoms with Crippen molar-refractivity contribution in [1.82, 2.24) is 41.0 Å². The van der Waals surface area contributed by atoms with Crippen molar-refractivity contribution in [3.05, 3.63) is 94.7 Å². The SMILES string of the molecule is Cc1nc2n(n1)CC(=O)N[C@@H](CC(C)C)COc1ccc(cc1)C[C@@H](NC(=O)c1oc(C)nc1C)C(=O)N[C@@H](Cc1ccccc1)C(=O)N[C@H]2C(C)C. The lowest BCUT2D eigenvalue weighted by Crippen LogP contribution is -2.55. The Bertz CT molecular complexity index is 1880. The van der Waals surface area contributed by atoms with E-state index in [-0.39, 0.29) is 55.5 Å². The number of aromatic nitrogens is 4. The van der Waals surface area contributed by atoms with E-state index in [1.165, 1.54) is 4.68 Å². The van der Waals surface area contributed by atoms with Crippen molar-refractivity contribution in [1.29, 1.82) is 0 Å². The molecule has 2 aromatic carbocycles. The number of rotatable bonds is 7. The molecule has 4 aromatic rings. The summed E-state index contributed by atoms with van der Waals surface area (Å²) < 4.78 is 13.2. The topological polar surface area (TPSA) is 182 Å². The van der Waals surface area contributed by atoms with Crippen LogP contribution in [-0.2, 0) is 33.8 Å². The van der Waals surface area contributed by atoms with Crippen molar-refractivity contribution in [3.63, 3.8) is 0 Å². The summed E-state index contributed by atoms with van der Waals surface area (Å²) in [6.07, 6.45) is 0.954. The van der Waals surface area contributed by atoms with Gasteiger partial charge < -0.3 is 30.4 Å². The third kappa shape index (κ3) is 10.5. The summed E-state index contributed by atoms with van der Waals surface area (Å²) in [5.41, 5.74) is 1.95. The molecule has 14 heteroatoms. The zero-order valence-electron chi connectivity index (χ0n) is 31.4. The quantitative estimate of drug-likeness (QED) is 0.221. The third-order valence-corrected chi connectivity index (χ3v) is 8.92. The van der Waals surface area contributed by atoms with E-state index in [1.807, 2.05) is 56.3 Å². The predicted octanol–water partition coefficient (Wildman–Crippen LogP) is 3.70. The number of fused-ring (bicyclic) bond motifs is 14. The highest BCUT2D eigenvalue weighted by molar-refractivity contribution is 5.97. The van der Waals surface area contributed by atoms with E-state index < -0.39 is 35.8 Å². The van der Waals surface area contributed by atoms with Gasteiger partial charge in [-0.2, -0.15) is 5.10 Å². The van der Waals surface area contributed by atoms with Gasteiger partial charge in [0.15, 0.2) is 11.7 Å². The van der Waals surface area contributed by atoms with Crippen molar-refractivity contribution in [2.45, 2.75) is 98.4 Å². The molecule has 0 radical (unpaired) electrons. The highest BCUT2D eigenvalue weighted by Crippen LogP contribution is 2.22. The summed E-state index contributed by atoms with van der Waals surface area (Å²) in [4.78, 5) is 64.3. The molecule has 0 aliphatic carbocycles. The monoisotopic (exact) mass is 726 g/mol. The number of amides is 4. The molecule has 0 fully saturated rings. The number of hydrogen-bond acceptors (Lipinski definition) is 9. The fourth-order valence-corrected chi connectivity index (χ4v) is 6.41. The van der Waals surface area contributed by atoms with Crippen LogP contribution in [0.5, 0.6) is 5.75 Å². The normalized spacial score (nSPS) is 20.3. The Labute approximate surface area is 309 Å². The summed E-state index contributed by atoms with van der Waals surface area (Å²) >= 11 is 0. The van der Waals surface area contributed by atoms with Crippen LogP contribution in [0, 0.1) is 32.6 Å². The first-order valence-corrected chi connectivity index (χ1v) is 18.1. The van der Waals surface area contributed by atoms with E-state index in [0.717, 1.165) is 11.1 Å². The number of carbonyl (C=O) groups is 4. The van der Waals surface area contributed by atoms with Crippen LogP contribution in [0.2, 0.25) is 0 Å². The Kier molecular flexibility index (Phi) is 12.6. The van der Waals surface area contributed by atoms with Crippen LogP contribution in [0.15, 0.2) is 59.0 Å². The van der Waals surface area contributed by atoms with Crippen molar-refractivity contribution in [2.24, 2.45) is 11.8 Å². The molecule has 4 atom stereocenters. The second-order valence-corrected chi connectivity index (χ2v) is 14.4. The van der Waals surface area contributed by atoms with Gasteiger partial charge in [-0.05, 0) is 55.4 Å². The molecule has 2 bridgehead atoms. The number of oxazole rings is 1. The van der Waals surface area contributed by atoms with Crippen LogP contribution in [-0.4, -0.2) is 68.1 Å². The minimum atomic E-state index is -1.09. The molecule has 4 N–H and O–H groups in total. The van der Waals surface area contributed by atoms with E-state index >= 15 is 0 Å². The molecular formula is C39H50N8O6. The summed E-state index contributed by atoms with van der Waals surface area (Å²) in [5.74, 6) is 0.00260. The van der Waals surface area contributed by atoms with E-state index in [4.69, 9.17) is 9.15 Å². The lowest BCUT2D eigenvalue weighted by atomic mass is 10.00. The second kappa shape index (κ2) is 17.3. The molecule has 4 heterocycles. The molecule has 282 valence electrons. The van der Waals surface area contributed by atoms with Gasteiger partial charge >= 0.3 is 0 Å². The fraction of sp³-hybridized carbons (Fsp3) is 0.462. The highest BCUT2D eigenvalue weighted by atomic mass is 16.5. The third-order valence-electron chi connectivity index (χ3n) is 8.92. The molecular weight excluding hydrogens is 676 g/mol. The summed E-state index contributed by atoms with van der Waals surface area (Å²) in [6, 6.07) is 13.5. The van der Waals surface area contributed by atoms with Crippen LogP contribution >= 0.6 is 0 Å². The average Bonchev–Trinajstić information content (AvgIpc) is 3.64. The first-order valence-electron chi connectivity index (χ1n) is 18.1. The van der Waals surface area contributed by atoms with E-state index in [2.05, 4.69) is 50.2 Å². The van der Waals surface area contributed by atoms with Gasteiger partial charge in [0.2, 0.25) is 23.5 Å². The van der Waals surface area contributed by atoms with E-state index in [1.54, 1.807) is 32.9 Å². The number of benzene rings is 2. The standard InChI is InChI=1S/C39H50N8O6/c1-22(2)17-29-21-52-30-15-13-28(14-16-30)19-31(44-39(51)35-24(5)40-26(7)53-35)37(49)43-32(18-27-11-9-8-10-12-27)38(50)45-34(23(3)4)36-41-25(6)46-47(36)20-33(48)42-29/h8-16,22-23,29,31-32,34H,17-21H2,1-7H3,(H,42,48)(H,43,49)(H,44,51)(H,45,50)/t29-,31+,32-,34-/m0/s1. The van der Waals surface area contributed by atoms with Crippen molar-refractivity contribution in [3.8, 4) is 5.75 Å². The minimum Gasteiger partial charge on any atom is -0.491 e. The van der Waals surface area contributed by atoms with Crippen molar-refractivity contribution in [2.75, 3.05) is 6.61 Å². The van der Waals surface area contributed by atoms with Gasteiger partial charge in [-0.3, -0.25) is 19.2 Å². The number of hydrogen-bond donors (Lipinski definition) is 4. The summed E-state index contributed by atoms with van der Waals surface area (Å²) in [5, 5.41) is 16.5. The minimum absolute atomic E-state index is 0.00582. The van der Waals surface area contributed by atoms with Gasteiger partial charge in [0.1, 0.15) is 36.8 Å². The molecule has 0 saturated heterocycles. The van der Waals surface area contributed by atoms with Crippen molar-refractivity contribution < 1.29 is 28.3 Å². The van der Waals surface area contributed by atoms with Crippen molar-refractivity contribution >= 4 is 23.6 Å². The van der Waals surface area contributed by atoms with E-state index in [0.29, 0.717) is 35.4 Å². The Morgan fingerprint density at radius 1 is 0.925 bits per heavy atom. The summed E-state index contributed by atoms with van der Waals surface area (Å²) in [7, 11) is 0. The average molecular weight is 727 g/mol. The number of nitrogens with zero attached hydrogens (tertiary/aromatic N) is 4. The zero-order valence-corrected chi connectivity index (χ0v) is 31.4. The van der Waals surface area contributed by atoms with Gasteiger partial charge in [0.05, 0.1) is 17.8 Å². The van der Waals surface area contributed by atoms with Gasteiger partial charge in [0.25, 0.3) is 5.91 Å². The predicted molar refractivity (Wildman–Crippen MR) is 197 cm³/mol. The molecule has 2 aromatic heterocycles. The molecule has 6 rings (SSSR count). The Morgan fingerprint density at radius 3 is 2.28 bits per heavy atom. The van der Waals surface area contributed by atoms with Gasteiger partial charge in [-0.1, -0.05) is 70.2 Å². The number of ether oxygens (including phenoxy) is 1. The molecule has 53 heavy (non-hydrogen) atoms. The lowest BCUT2D eigenvalue weighted by molar-refractivity contribution is -0.130. The smallest absolute Gasteiger partial charge is 0.289 e. The van der Waals surface area contributed by atoms with Crippen LogP contribution in [0.3, 0.4) is 0 Å². The lowest BCUT2D eigenvalue weighted by Gasteiger charge is -2.27. The fourth-order valence-electron chi connectivity index (χ4n) is 6.41. The molecule has 0 saturated carbocycles. The Morgan fingerprint density at radius 2 is 1.64 bits per heavy atom. The number of aryl methyl sites for hydroxylation is 3. The molecule has 14 nitrogen and oxygen atoms in total. The first kappa shape index (κ1) is 38.7. The molecule has 0 spiro atoms. The highest BCUT2D eigenvalue weighted by Gasteiger charge is 2.33.